The van der Waals surface area contributed by atoms with Gasteiger partial charge in [-0.25, -0.2) is 4.68 Å². The van der Waals surface area contributed by atoms with Crippen LogP contribution < -0.4 is 4.74 Å². The van der Waals surface area contributed by atoms with Crippen molar-refractivity contribution in [3.63, 3.8) is 0 Å². The van der Waals surface area contributed by atoms with Crippen LogP contribution in [0.5, 0.6) is 5.88 Å². The van der Waals surface area contributed by atoms with Crippen LogP contribution in [0.25, 0.3) is 0 Å². The van der Waals surface area contributed by atoms with E-state index in [1.54, 1.807) is 6.07 Å². The Balaban J connectivity index is 2.48. The predicted molar refractivity (Wildman–Crippen MR) is 50.7 cm³/mol. The molecule has 5 nitrogen and oxygen atoms in total. The highest BCUT2D eigenvalue weighted by Gasteiger charge is 2.06. The summed E-state index contributed by atoms with van der Waals surface area (Å²) in [5.41, 5.74) is 0. The molecule has 0 radical (unpaired) electrons. The van der Waals surface area contributed by atoms with E-state index >= 15 is 0 Å². The number of halogens is 1. The van der Waals surface area contributed by atoms with Crippen molar-refractivity contribution in [2.45, 2.75) is 13.0 Å². The largest absolute Gasteiger partial charge is 0.474 e. The molecule has 0 aromatic carbocycles. The molecular formula is C8H11ClN2O3. The number of rotatable bonds is 4. The highest BCUT2D eigenvalue weighted by molar-refractivity contribution is 6.18. The highest BCUT2D eigenvalue weighted by atomic mass is 35.5. The quantitative estimate of drug-likeness (QED) is 0.749. The summed E-state index contributed by atoms with van der Waals surface area (Å²) >= 11 is 5.36. The fourth-order valence-corrected chi connectivity index (χ4v) is 0.875. The second-order valence-electron chi connectivity index (χ2n) is 2.74. The molecule has 1 heterocycles. The molecule has 1 aromatic heterocycles. The minimum atomic E-state index is -0.723. The second kappa shape index (κ2) is 4.97. The topological polar surface area (TPSA) is 64.3 Å². The zero-order valence-electron chi connectivity index (χ0n) is 7.68. The van der Waals surface area contributed by atoms with Gasteiger partial charge in [0, 0.05) is 19.2 Å². The number of hydrogen-bond acceptors (Lipinski definition) is 4. The van der Waals surface area contributed by atoms with Crippen LogP contribution in [0, 0.1) is 0 Å². The highest BCUT2D eigenvalue weighted by Crippen LogP contribution is 2.06. The van der Waals surface area contributed by atoms with Gasteiger partial charge in [-0.05, 0) is 0 Å². The lowest BCUT2D eigenvalue weighted by molar-refractivity contribution is 0.0915. The molecule has 0 bridgehead atoms. The number of aromatic nitrogens is 2. The molecule has 0 saturated carbocycles. The van der Waals surface area contributed by atoms with Gasteiger partial charge in [0.1, 0.15) is 12.7 Å². The number of ether oxygens (including phenoxy) is 1. The van der Waals surface area contributed by atoms with E-state index in [1.807, 2.05) is 0 Å². The molecule has 0 fully saturated rings. The van der Waals surface area contributed by atoms with Crippen molar-refractivity contribution in [2.75, 3.05) is 12.5 Å². The Bertz CT molecular complexity index is 313. The van der Waals surface area contributed by atoms with Crippen molar-refractivity contribution >= 4 is 17.5 Å². The molecule has 1 atom stereocenters. The summed E-state index contributed by atoms with van der Waals surface area (Å²) in [7, 11) is 0. The van der Waals surface area contributed by atoms with Crippen LogP contribution in [0.3, 0.4) is 0 Å². The van der Waals surface area contributed by atoms with E-state index in [0.717, 1.165) is 4.68 Å². The lowest BCUT2D eigenvalue weighted by Crippen LogP contribution is -2.19. The van der Waals surface area contributed by atoms with Gasteiger partial charge >= 0.3 is 0 Å². The summed E-state index contributed by atoms with van der Waals surface area (Å²) in [6.07, 6.45) is 0.768. The number of carbonyl (C=O) groups excluding carboxylic acids is 1. The van der Waals surface area contributed by atoms with Crippen molar-refractivity contribution in [3.8, 4) is 5.88 Å². The predicted octanol–water partition coefficient (Wildman–Crippen LogP) is 0.522. The number of carbonyl (C=O) groups is 1. The SMILES string of the molecule is CC(=O)n1ccc(OC[C@@H](O)CCl)n1. The molecule has 14 heavy (non-hydrogen) atoms. The Morgan fingerprint density at radius 1 is 1.86 bits per heavy atom. The molecule has 0 aliphatic heterocycles. The number of hydrogen-bond donors (Lipinski definition) is 1. The van der Waals surface area contributed by atoms with Crippen LogP contribution >= 0.6 is 11.6 Å². The minimum Gasteiger partial charge on any atom is -0.474 e. The molecule has 1 rings (SSSR count). The van der Waals surface area contributed by atoms with E-state index in [4.69, 9.17) is 21.4 Å². The van der Waals surface area contributed by atoms with E-state index in [0.29, 0.717) is 5.88 Å². The Kier molecular flexibility index (Phi) is 3.91. The lowest BCUT2D eigenvalue weighted by Gasteiger charge is -2.06. The average molecular weight is 219 g/mol. The summed E-state index contributed by atoms with van der Waals surface area (Å²) in [5.74, 6) is 0.204. The number of aliphatic hydroxyl groups is 1. The molecule has 0 unspecified atom stereocenters. The zero-order valence-corrected chi connectivity index (χ0v) is 8.44. The summed E-state index contributed by atoms with van der Waals surface area (Å²) in [6.45, 7) is 1.46. The summed E-state index contributed by atoms with van der Waals surface area (Å²) in [4.78, 5) is 10.8. The monoisotopic (exact) mass is 218 g/mol. The Hall–Kier alpha value is -1.07. The van der Waals surface area contributed by atoms with Gasteiger partial charge in [-0.3, -0.25) is 4.79 Å². The summed E-state index contributed by atoms with van der Waals surface area (Å²) < 4.78 is 6.23. The molecule has 0 aliphatic carbocycles. The fourth-order valence-electron chi connectivity index (χ4n) is 0.786. The van der Waals surface area contributed by atoms with Crippen molar-refractivity contribution in [1.82, 2.24) is 9.78 Å². The van der Waals surface area contributed by atoms with E-state index < -0.39 is 6.10 Å². The fraction of sp³-hybridized carbons (Fsp3) is 0.500. The zero-order chi connectivity index (χ0) is 10.6. The van der Waals surface area contributed by atoms with Gasteiger partial charge in [0.05, 0.1) is 5.88 Å². The first kappa shape index (κ1) is 11.0. The van der Waals surface area contributed by atoms with Gasteiger partial charge in [-0.15, -0.1) is 16.7 Å². The molecule has 78 valence electrons. The Morgan fingerprint density at radius 2 is 2.57 bits per heavy atom. The summed E-state index contributed by atoms with van der Waals surface area (Å²) in [6, 6.07) is 1.54. The molecule has 1 aromatic rings. The first-order valence-corrected chi connectivity index (χ1v) is 4.60. The van der Waals surface area contributed by atoms with E-state index in [9.17, 15) is 4.79 Å². The molecule has 0 saturated heterocycles. The van der Waals surface area contributed by atoms with Crippen molar-refractivity contribution in [1.29, 1.82) is 0 Å². The molecule has 6 heteroatoms. The number of aliphatic hydroxyl groups excluding tert-OH is 1. The van der Waals surface area contributed by atoms with E-state index in [2.05, 4.69) is 5.10 Å². The molecule has 0 spiro atoms. The van der Waals surface area contributed by atoms with Crippen molar-refractivity contribution in [2.24, 2.45) is 0 Å². The second-order valence-corrected chi connectivity index (χ2v) is 3.05. The van der Waals surface area contributed by atoms with E-state index in [-0.39, 0.29) is 18.4 Å². The third-order valence-corrected chi connectivity index (χ3v) is 1.85. The van der Waals surface area contributed by atoms with Gasteiger partial charge in [0.2, 0.25) is 11.8 Å². The maximum Gasteiger partial charge on any atom is 0.243 e. The maximum atomic E-state index is 10.8. The van der Waals surface area contributed by atoms with Crippen molar-refractivity contribution in [3.05, 3.63) is 12.3 Å². The Morgan fingerprint density at radius 3 is 3.07 bits per heavy atom. The van der Waals surface area contributed by atoms with Gasteiger partial charge in [0.25, 0.3) is 0 Å². The van der Waals surface area contributed by atoms with Gasteiger partial charge < -0.3 is 9.84 Å². The number of nitrogens with zero attached hydrogens (tertiary/aromatic N) is 2. The van der Waals surface area contributed by atoms with Gasteiger partial charge in [-0.1, -0.05) is 0 Å². The van der Waals surface area contributed by atoms with Crippen molar-refractivity contribution < 1.29 is 14.6 Å². The minimum absolute atomic E-state index is 0.0679. The Labute approximate surface area is 86.2 Å². The molecule has 0 amide bonds. The summed E-state index contributed by atoms with van der Waals surface area (Å²) in [5, 5.41) is 12.9. The first-order chi connectivity index (χ1) is 6.63. The van der Waals surface area contributed by atoms with Gasteiger partial charge in [0.15, 0.2) is 0 Å². The normalized spacial score (nSPS) is 12.5. The first-order valence-electron chi connectivity index (χ1n) is 4.07. The molecule has 1 N–H and O–H groups in total. The lowest BCUT2D eigenvalue weighted by atomic mass is 10.4. The number of alkyl halides is 1. The maximum absolute atomic E-state index is 10.8. The third-order valence-electron chi connectivity index (χ3n) is 1.49. The van der Waals surface area contributed by atoms with Gasteiger partial charge in [-0.2, -0.15) is 0 Å². The van der Waals surface area contributed by atoms with Crippen LogP contribution in [0.15, 0.2) is 12.3 Å². The van der Waals surface area contributed by atoms with Crippen LogP contribution in [0.4, 0.5) is 0 Å². The van der Waals surface area contributed by atoms with Crippen LogP contribution in [-0.2, 0) is 0 Å². The van der Waals surface area contributed by atoms with Crippen LogP contribution in [-0.4, -0.2) is 39.4 Å². The smallest absolute Gasteiger partial charge is 0.243 e. The standard InChI is InChI=1S/C8H11ClN2O3/c1-6(12)11-3-2-8(10-11)14-5-7(13)4-9/h2-3,7,13H,4-5H2,1H3/t7-/m0/s1. The molecule has 0 aliphatic rings. The van der Waals surface area contributed by atoms with E-state index in [1.165, 1.54) is 13.1 Å². The average Bonchev–Trinajstić information content (AvgIpc) is 2.62. The van der Waals surface area contributed by atoms with Crippen LogP contribution in [0.1, 0.15) is 11.7 Å². The van der Waals surface area contributed by atoms with Crippen LogP contribution in [0.2, 0.25) is 0 Å². The molecular weight excluding hydrogens is 208 g/mol. The third kappa shape index (κ3) is 3.01.